The first-order valence-electron chi connectivity index (χ1n) is 5.64. The number of hydrogen-bond donors (Lipinski definition) is 3. The Kier molecular flexibility index (Phi) is 4.87. The van der Waals surface area contributed by atoms with Gasteiger partial charge >= 0.3 is 6.03 Å². The minimum atomic E-state index is -0.651. The van der Waals surface area contributed by atoms with Gasteiger partial charge in [-0.2, -0.15) is 4.98 Å². The summed E-state index contributed by atoms with van der Waals surface area (Å²) in [5.41, 5.74) is 5.43. The second-order valence-electron chi connectivity index (χ2n) is 3.83. The molecule has 0 bridgehead atoms. The van der Waals surface area contributed by atoms with Crippen molar-refractivity contribution in [1.29, 1.82) is 0 Å². The predicted octanol–water partition coefficient (Wildman–Crippen LogP) is 0.753. The molecule has 0 aliphatic carbocycles. The Hall–Kier alpha value is -2.09. The van der Waals surface area contributed by atoms with Crippen LogP contribution in [-0.4, -0.2) is 32.5 Å². The number of anilines is 1. The van der Waals surface area contributed by atoms with Gasteiger partial charge in [0.15, 0.2) is 11.2 Å². The van der Waals surface area contributed by atoms with Gasteiger partial charge in [-0.1, -0.05) is 13.3 Å². The van der Waals surface area contributed by atoms with Crippen LogP contribution in [0.1, 0.15) is 19.8 Å². The molecule has 4 N–H and O–H groups in total. The number of aromatic nitrogens is 4. The third kappa shape index (κ3) is 3.02. The number of imidazole rings is 1. The molecular weight excluding hydrogens is 272 g/mol. The SMILES string of the molecule is CCCCN(C(N)=O)c1nc2nc[nH]c2c(=O)[nH]1.Cl. The fourth-order valence-corrected chi connectivity index (χ4v) is 1.60. The number of primary amides is 1. The van der Waals surface area contributed by atoms with E-state index >= 15 is 0 Å². The van der Waals surface area contributed by atoms with Crippen LogP contribution in [0.2, 0.25) is 0 Å². The predicted molar refractivity (Wildman–Crippen MR) is 73.6 cm³/mol. The zero-order chi connectivity index (χ0) is 13.1. The Balaban J connectivity index is 0.00000180. The van der Waals surface area contributed by atoms with Crippen molar-refractivity contribution in [3.8, 4) is 0 Å². The van der Waals surface area contributed by atoms with E-state index in [-0.39, 0.29) is 35.1 Å². The van der Waals surface area contributed by atoms with Crippen LogP contribution in [0.25, 0.3) is 11.2 Å². The van der Waals surface area contributed by atoms with E-state index in [9.17, 15) is 9.59 Å². The number of carbonyl (C=O) groups excluding carboxylic acids is 1. The van der Waals surface area contributed by atoms with Gasteiger partial charge in [-0.25, -0.2) is 9.78 Å². The first-order chi connectivity index (χ1) is 8.63. The summed E-state index contributed by atoms with van der Waals surface area (Å²) in [7, 11) is 0. The summed E-state index contributed by atoms with van der Waals surface area (Å²) >= 11 is 0. The van der Waals surface area contributed by atoms with E-state index in [1.165, 1.54) is 11.2 Å². The largest absolute Gasteiger partial charge is 0.351 e. The maximum atomic E-state index is 11.7. The molecule has 0 atom stereocenters. The Morgan fingerprint density at radius 1 is 1.53 bits per heavy atom. The van der Waals surface area contributed by atoms with Gasteiger partial charge in [-0.05, 0) is 6.42 Å². The average Bonchev–Trinajstić information content (AvgIpc) is 2.78. The summed E-state index contributed by atoms with van der Waals surface area (Å²) in [5, 5.41) is 0. The van der Waals surface area contributed by atoms with E-state index in [2.05, 4.69) is 19.9 Å². The first kappa shape index (κ1) is 15.0. The Morgan fingerprint density at radius 3 is 2.89 bits per heavy atom. The van der Waals surface area contributed by atoms with Gasteiger partial charge in [0.1, 0.15) is 0 Å². The lowest BCUT2D eigenvalue weighted by molar-refractivity contribution is 0.253. The van der Waals surface area contributed by atoms with Crippen LogP contribution < -0.4 is 16.2 Å². The van der Waals surface area contributed by atoms with Crippen LogP contribution in [0.4, 0.5) is 10.7 Å². The highest BCUT2D eigenvalue weighted by molar-refractivity contribution is 5.89. The van der Waals surface area contributed by atoms with Crippen molar-refractivity contribution < 1.29 is 4.79 Å². The minimum absolute atomic E-state index is 0. The molecule has 8 nitrogen and oxygen atoms in total. The molecule has 0 fully saturated rings. The van der Waals surface area contributed by atoms with Gasteiger partial charge < -0.3 is 10.7 Å². The molecule has 2 aromatic heterocycles. The summed E-state index contributed by atoms with van der Waals surface area (Å²) < 4.78 is 0. The van der Waals surface area contributed by atoms with Crippen LogP contribution in [0, 0.1) is 0 Å². The third-order valence-corrected chi connectivity index (χ3v) is 2.54. The number of H-pyrrole nitrogens is 2. The van der Waals surface area contributed by atoms with E-state index in [1.807, 2.05) is 6.92 Å². The van der Waals surface area contributed by atoms with Gasteiger partial charge in [0.25, 0.3) is 5.56 Å². The highest BCUT2D eigenvalue weighted by Crippen LogP contribution is 2.09. The smallest absolute Gasteiger partial charge is 0.321 e. The van der Waals surface area contributed by atoms with E-state index < -0.39 is 6.03 Å². The van der Waals surface area contributed by atoms with E-state index in [0.29, 0.717) is 6.54 Å². The molecule has 0 saturated carbocycles. The van der Waals surface area contributed by atoms with Crippen LogP contribution >= 0.6 is 12.4 Å². The number of carbonyl (C=O) groups is 1. The Morgan fingerprint density at radius 2 is 2.26 bits per heavy atom. The van der Waals surface area contributed by atoms with Crippen molar-refractivity contribution in [3.63, 3.8) is 0 Å². The highest BCUT2D eigenvalue weighted by atomic mass is 35.5. The molecule has 0 aliphatic rings. The third-order valence-electron chi connectivity index (χ3n) is 2.54. The molecule has 2 amide bonds. The number of urea groups is 1. The number of amides is 2. The average molecular weight is 287 g/mol. The molecule has 104 valence electrons. The number of hydrogen-bond acceptors (Lipinski definition) is 4. The number of halogens is 1. The van der Waals surface area contributed by atoms with Crippen molar-refractivity contribution in [2.45, 2.75) is 19.8 Å². The Bertz CT molecular complexity index is 622. The van der Waals surface area contributed by atoms with Crippen LogP contribution in [0.5, 0.6) is 0 Å². The van der Waals surface area contributed by atoms with Gasteiger partial charge in [0, 0.05) is 6.54 Å². The van der Waals surface area contributed by atoms with Crippen molar-refractivity contribution in [2.75, 3.05) is 11.4 Å². The number of nitrogens with zero attached hydrogens (tertiary/aromatic N) is 3. The maximum Gasteiger partial charge on any atom is 0.321 e. The second kappa shape index (κ2) is 6.19. The number of fused-ring (bicyclic) bond motifs is 1. The quantitative estimate of drug-likeness (QED) is 0.768. The van der Waals surface area contributed by atoms with Gasteiger partial charge in [0.2, 0.25) is 5.95 Å². The highest BCUT2D eigenvalue weighted by Gasteiger charge is 2.16. The lowest BCUT2D eigenvalue weighted by atomic mass is 10.3. The van der Waals surface area contributed by atoms with E-state index in [1.54, 1.807) is 0 Å². The second-order valence-corrected chi connectivity index (χ2v) is 3.83. The fourth-order valence-electron chi connectivity index (χ4n) is 1.60. The summed E-state index contributed by atoms with van der Waals surface area (Å²) in [6.07, 6.45) is 3.04. The standard InChI is InChI=1S/C10H14N6O2.ClH/c1-2-3-4-16(9(11)18)10-14-7-6(8(17)15-10)12-5-13-7;/h5H,2-4H2,1H3,(H2,11,18)(H2,12,13,14,15,17);1H. The normalized spacial score (nSPS) is 10.2. The zero-order valence-corrected chi connectivity index (χ0v) is 11.2. The minimum Gasteiger partial charge on any atom is -0.351 e. The van der Waals surface area contributed by atoms with Gasteiger partial charge in [-0.3, -0.25) is 14.7 Å². The molecule has 2 aromatic rings. The number of nitrogens with one attached hydrogen (secondary N) is 2. The van der Waals surface area contributed by atoms with E-state index in [0.717, 1.165) is 12.8 Å². The molecule has 19 heavy (non-hydrogen) atoms. The molecule has 2 rings (SSSR count). The van der Waals surface area contributed by atoms with Crippen molar-refractivity contribution in [1.82, 2.24) is 19.9 Å². The molecule has 0 spiro atoms. The zero-order valence-electron chi connectivity index (χ0n) is 10.3. The summed E-state index contributed by atoms with van der Waals surface area (Å²) in [6.45, 7) is 2.40. The monoisotopic (exact) mass is 286 g/mol. The Labute approximate surface area is 114 Å². The lowest BCUT2D eigenvalue weighted by Gasteiger charge is -2.17. The van der Waals surface area contributed by atoms with Crippen molar-refractivity contribution in [3.05, 3.63) is 16.7 Å². The number of aromatic amines is 2. The van der Waals surface area contributed by atoms with Crippen LogP contribution in [0.15, 0.2) is 11.1 Å². The van der Waals surface area contributed by atoms with Crippen LogP contribution in [0.3, 0.4) is 0 Å². The summed E-state index contributed by atoms with van der Waals surface area (Å²) in [5.74, 6) is 0.126. The number of rotatable bonds is 4. The van der Waals surface area contributed by atoms with E-state index in [4.69, 9.17) is 5.73 Å². The molecule has 0 aliphatic heterocycles. The summed E-state index contributed by atoms with van der Waals surface area (Å²) in [6, 6.07) is -0.651. The number of nitrogens with two attached hydrogens (primary N) is 1. The molecule has 0 aromatic carbocycles. The number of unbranched alkanes of at least 4 members (excludes halogenated alkanes) is 1. The summed E-state index contributed by atoms with van der Waals surface area (Å²) in [4.78, 5) is 37.5. The van der Waals surface area contributed by atoms with Crippen LogP contribution in [-0.2, 0) is 0 Å². The van der Waals surface area contributed by atoms with Gasteiger partial charge in [0.05, 0.1) is 6.33 Å². The molecule has 2 heterocycles. The molecule has 0 unspecified atom stereocenters. The first-order valence-corrected chi connectivity index (χ1v) is 5.64. The molecule has 0 radical (unpaired) electrons. The van der Waals surface area contributed by atoms with Crippen molar-refractivity contribution in [2.24, 2.45) is 5.73 Å². The fraction of sp³-hybridized carbons (Fsp3) is 0.400. The molecule has 9 heteroatoms. The topological polar surface area (TPSA) is 121 Å². The molecular formula is C10H15ClN6O2. The van der Waals surface area contributed by atoms with Crippen molar-refractivity contribution >= 4 is 35.6 Å². The van der Waals surface area contributed by atoms with Gasteiger partial charge in [-0.15, -0.1) is 12.4 Å². The lowest BCUT2D eigenvalue weighted by Crippen LogP contribution is -2.38. The molecule has 0 saturated heterocycles. The maximum absolute atomic E-state index is 11.7.